The molecule has 1 aliphatic heterocycles. The number of halogens is 3. The van der Waals surface area contributed by atoms with E-state index in [0.29, 0.717) is 44.3 Å². The molecule has 0 radical (unpaired) electrons. The van der Waals surface area contributed by atoms with Crippen molar-refractivity contribution in [3.63, 3.8) is 0 Å². The van der Waals surface area contributed by atoms with E-state index in [1.54, 1.807) is 6.07 Å². The van der Waals surface area contributed by atoms with Crippen molar-refractivity contribution in [1.29, 1.82) is 0 Å². The summed E-state index contributed by atoms with van der Waals surface area (Å²) in [5.41, 5.74) is 6.67. The molecule has 2 fully saturated rings. The van der Waals surface area contributed by atoms with Gasteiger partial charge < -0.3 is 15.8 Å². The van der Waals surface area contributed by atoms with E-state index < -0.39 is 6.04 Å². The van der Waals surface area contributed by atoms with Crippen molar-refractivity contribution in [3.8, 4) is 0 Å². The van der Waals surface area contributed by atoms with Gasteiger partial charge in [0.15, 0.2) is 0 Å². The highest BCUT2D eigenvalue weighted by atomic mass is 35.5. The number of amides is 1. The van der Waals surface area contributed by atoms with Crippen molar-refractivity contribution in [2.75, 3.05) is 32.8 Å². The van der Waals surface area contributed by atoms with Gasteiger partial charge in [-0.15, -0.1) is 24.8 Å². The minimum atomic E-state index is -0.507. The topological polar surface area (TPSA) is 67.6 Å². The van der Waals surface area contributed by atoms with Crippen LogP contribution in [0.5, 0.6) is 0 Å². The molecule has 0 spiro atoms. The number of morpholine rings is 1. The highest BCUT2D eigenvalue weighted by molar-refractivity contribution is 5.85. The van der Waals surface area contributed by atoms with Gasteiger partial charge in [0.2, 0.25) is 5.91 Å². The van der Waals surface area contributed by atoms with Gasteiger partial charge >= 0.3 is 0 Å². The van der Waals surface area contributed by atoms with Crippen molar-refractivity contribution in [1.82, 2.24) is 10.2 Å². The van der Waals surface area contributed by atoms with Gasteiger partial charge in [-0.05, 0) is 36.5 Å². The maximum Gasteiger partial charge on any atom is 0.242 e. The summed E-state index contributed by atoms with van der Waals surface area (Å²) in [5, 5.41) is 3.18. The van der Waals surface area contributed by atoms with Crippen LogP contribution in [-0.4, -0.2) is 49.7 Å². The molecule has 1 saturated heterocycles. The van der Waals surface area contributed by atoms with Crippen LogP contribution < -0.4 is 11.1 Å². The Morgan fingerprint density at radius 1 is 1.21 bits per heavy atom. The first-order valence-electron chi connectivity index (χ1n) is 9.76. The molecule has 1 saturated carbocycles. The van der Waals surface area contributed by atoms with E-state index in [9.17, 15) is 9.18 Å². The number of hydrogen-bond donors (Lipinski definition) is 2. The molecule has 8 heteroatoms. The molecule has 1 aromatic rings. The monoisotopic (exact) mass is 435 g/mol. The summed E-state index contributed by atoms with van der Waals surface area (Å²) in [6.07, 6.45) is 5.90. The van der Waals surface area contributed by atoms with Gasteiger partial charge in [-0.25, -0.2) is 4.39 Å². The van der Waals surface area contributed by atoms with Gasteiger partial charge in [0, 0.05) is 25.7 Å². The summed E-state index contributed by atoms with van der Waals surface area (Å²) < 4.78 is 19.2. The summed E-state index contributed by atoms with van der Waals surface area (Å²) in [6, 6.07) is 5.82. The Kier molecular flexibility index (Phi) is 11.3. The van der Waals surface area contributed by atoms with Crippen molar-refractivity contribution < 1.29 is 13.9 Å². The third-order valence-electron chi connectivity index (χ3n) is 5.62. The fourth-order valence-electron chi connectivity index (χ4n) is 4.21. The zero-order valence-corrected chi connectivity index (χ0v) is 17.8. The summed E-state index contributed by atoms with van der Waals surface area (Å²) in [7, 11) is 0. The molecule has 5 nitrogen and oxygen atoms in total. The van der Waals surface area contributed by atoms with Gasteiger partial charge in [0.25, 0.3) is 0 Å². The largest absolute Gasteiger partial charge is 0.379 e. The standard InChI is InChI=1S/C20H30FN3O2.2ClH/c21-17-8-4-7-16(13-17)19(24-9-11-26-12-10-24)20(25)23-18(14-22)15-5-2-1-3-6-15;;/h4,7-8,13,15,18-19H,1-3,5-6,9-12,14,22H2,(H,23,25);2*1H. The molecule has 1 heterocycles. The lowest BCUT2D eigenvalue weighted by Crippen LogP contribution is -2.52. The first kappa shape index (κ1) is 25.1. The van der Waals surface area contributed by atoms with Crippen molar-refractivity contribution in [3.05, 3.63) is 35.6 Å². The summed E-state index contributed by atoms with van der Waals surface area (Å²) in [4.78, 5) is 15.3. The van der Waals surface area contributed by atoms with Crippen LogP contribution in [0, 0.1) is 11.7 Å². The van der Waals surface area contributed by atoms with Crippen LogP contribution >= 0.6 is 24.8 Å². The molecular formula is C20H32Cl2FN3O2. The van der Waals surface area contributed by atoms with Crippen molar-refractivity contribution >= 4 is 30.7 Å². The lowest BCUT2D eigenvalue weighted by Gasteiger charge is -2.36. The lowest BCUT2D eigenvalue weighted by molar-refractivity contribution is -0.129. The van der Waals surface area contributed by atoms with Crippen LogP contribution in [0.3, 0.4) is 0 Å². The molecule has 0 bridgehead atoms. The van der Waals surface area contributed by atoms with Crippen molar-refractivity contribution in [2.24, 2.45) is 11.7 Å². The van der Waals surface area contributed by atoms with Gasteiger partial charge in [0.05, 0.1) is 13.2 Å². The number of carbonyl (C=O) groups is 1. The van der Waals surface area contributed by atoms with Crippen molar-refractivity contribution in [2.45, 2.75) is 44.2 Å². The molecule has 1 amide bonds. The number of carbonyl (C=O) groups excluding carboxylic acids is 1. The van der Waals surface area contributed by atoms with Gasteiger partial charge in [-0.3, -0.25) is 9.69 Å². The number of ether oxygens (including phenoxy) is 1. The number of rotatable bonds is 6. The Morgan fingerprint density at radius 2 is 1.89 bits per heavy atom. The fourth-order valence-corrected chi connectivity index (χ4v) is 4.21. The van der Waals surface area contributed by atoms with E-state index in [1.807, 2.05) is 6.07 Å². The Balaban J connectivity index is 0.00000196. The smallest absolute Gasteiger partial charge is 0.242 e. The lowest BCUT2D eigenvalue weighted by atomic mass is 9.83. The minimum Gasteiger partial charge on any atom is -0.379 e. The van der Waals surface area contributed by atoms with Gasteiger partial charge in [-0.2, -0.15) is 0 Å². The van der Waals surface area contributed by atoms with E-state index in [4.69, 9.17) is 10.5 Å². The second kappa shape index (κ2) is 12.6. The Morgan fingerprint density at radius 3 is 2.50 bits per heavy atom. The first-order chi connectivity index (χ1) is 12.7. The molecule has 28 heavy (non-hydrogen) atoms. The molecule has 3 rings (SSSR count). The third-order valence-corrected chi connectivity index (χ3v) is 5.62. The molecule has 160 valence electrons. The molecule has 2 atom stereocenters. The fraction of sp³-hybridized carbons (Fsp3) is 0.650. The Labute approximate surface area is 179 Å². The Bertz CT molecular complexity index is 597. The normalized spacial score (nSPS) is 20.4. The SMILES string of the molecule is Cl.Cl.NCC(NC(=O)C(c1cccc(F)c1)N1CCOCC1)C1CCCCC1. The molecular weight excluding hydrogens is 404 g/mol. The third kappa shape index (κ3) is 6.56. The van der Waals surface area contributed by atoms with Crippen LogP contribution in [0.25, 0.3) is 0 Å². The predicted octanol–water partition coefficient (Wildman–Crippen LogP) is 3.07. The summed E-state index contributed by atoms with van der Waals surface area (Å²) >= 11 is 0. The van der Waals surface area contributed by atoms with Crippen LogP contribution in [0.15, 0.2) is 24.3 Å². The van der Waals surface area contributed by atoms with E-state index in [2.05, 4.69) is 10.2 Å². The number of nitrogens with two attached hydrogens (primary N) is 1. The maximum absolute atomic E-state index is 13.8. The second-order valence-corrected chi connectivity index (χ2v) is 7.35. The zero-order chi connectivity index (χ0) is 18.4. The molecule has 1 aliphatic carbocycles. The average molecular weight is 436 g/mol. The highest BCUT2D eigenvalue weighted by Crippen LogP contribution is 2.28. The first-order valence-corrected chi connectivity index (χ1v) is 9.76. The molecule has 0 aromatic heterocycles. The minimum absolute atomic E-state index is 0. The van der Waals surface area contributed by atoms with Gasteiger partial charge in [0.1, 0.15) is 11.9 Å². The van der Waals surface area contributed by atoms with Crippen LogP contribution in [0.2, 0.25) is 0 Å². The molecule has 1 aromatic carbocycles. The van der Waals surface area contributed by atoms with Crippen LogP contribution in [-0.2, 0) is 9.53 Å². The maximum atomic E-state index is 13.8. The zero-order valence-electron chi connectivity index (χ0n) is 16.1. The second-order valence-electron chi connectivity index (χ2n) is 7.35. The molecule has 2 unspecified atom stereocenters. The number of nitrogens with one attached hydrogen (secondary N) is 1. The summed E-state index contributed by atoms with van der Waals surface area (Å²) in [6.45, 7) is 2.93. The Hall–Kier alpha value is -0.920. The highest BCUT2D eigenvalue weighted by Gasteiger charge is 2.32. The number of hydrogen-bond acceptors (Lipinski definition) is 4. The average Bonchev–Trinajstić information content (AvgIpc) is 2.68. The van der Waals surface area contributed by atoms with E-state index >= 15 is 0 Å². The van der Waals surface area contributed by atoms with E-state index in [1.165, 1.54) is 31.4 Å². The predicted molar refractivity (Wildman–Crippen MR) is 114 cm³/mol. The molecule has 2 aliphatic rings. The molecule has 3 N–H and O–H groups in total. The van der Waals surface area contributed by atoms with Crippen LogP contribution in [0.4, 0.5) is 4.39 Å². The van der Waals surface area contributed by atoms with Crippen LogP contribution in [0.1, 0.15) is 43.7 Å². The number of nitrogens with zero attached hydrogens (tertiary/aromatic N) is 1. The van der Waals surface area contributed by atoms with E-state index in [-0.39, 0.29) is 42.6 Å². The summed E-state index contributed by atoms with van der Waals surface area (Å²) in [5.74, 6) is 0.0327. The van der Waals surface area contributed by atoms with E-state index in [0.717, 1.165) is 12.8 Å². The number of benzene rings is 1. The quantitative estimate of drug-likeness (QED) is 0.720. The van der Waals surface area contributed by atoms with Gasteiger partial charge in [-0.1, -0.05) is 31.4 Å².